The van der Waals surface area contributed by atoms with Crippen LogP contribution in [0.1, 0.15) is 5.69 Å². The number of aryl methyl sites for hydroxylation is 1. The van der Waals surface area contributed by atoms with Gasteiger partial charge in [0.1, 0.15) is 12.3 Å². The van der Waals surface area contributed by atoms with Crippen LogP contribution >= 0.6 is 0 Å². The number of benzene rings is 2. The highest BCUT2D eigenvalue weighted by atomic mass is 19.2. The van der Waals surface area contributed by atoms with Crippen LogP contribution in [0.15, 0.2) is 79.3 Å². The van der Waals surface area contributed by atoms with Gasteiger partial charge in [-0.15, -0.1) is 0 Å². The molecule has 0 aliphatic heterocycles. The molecule has 0 aliphatic rings. The van der Waals surface area contributed by atoms with Crippen molar-refractivity contribution >= 4 is 10.9 Å². The number of halogens is 2. The first-order chi connectivity index (χ1) is 15.6. The normalized spacial score (nSPS) is 11.1. The van der Waals surface area contributed by atoms with E-state index in [2.05, 4.69) is 15.1 Å². The lowest BCUT2D eigenvalue weighted by Gasteiger charge is -2.11. The summed E-state index contributed by atoms with van der Waals surface area (Å²) >= 11 is 0. The molecule has 0 amide bonds. The van der Waals surface area contributed by atoms with Gasteiger partial charge in [-0.3, -0.25) is 9.67 Å². The lowest BCUT2D eigenvalue weighted by atomic mass is 10.0. The second kappa shape index (κ2) is 8.19. The maximum atomic E-state index is 15.1. The van der Waals surface area contributed by atoms with Crippen molar-refractivity contribution in [3.05, 3.63) is 96.6 Å². The van der Waals surface area contributed by atoms with E-state index < -0.39 is 11.6 Å². The molecule has 0 saturated heterocycles. The molecule has 3 aromatic heterocycles. The van der Waals surface area contributed by atoms with Crippen LogP contribution in [0.25, 0.3) is 33.3 Å². The van der Waals surface area contributed by atoms with E-state index in [9.17, 15) is 4.39 Å². The molecule has 0 radical (unpaired) electrons. The minimum absolute atomic E-state index is 0.0202. The van der Waals surface area contributed by atoms with Crippen molar-refractivity contribution in [3.63, 3.8) is 0 Å². The molecule has 5 aromatic rings. The minimum Gasteiger partial charge on any atom is -0.484 e. The van der Waals surface area contributed by atoms with Crippen molar-refractivity contribution in [2.75, 3.05) is 0 Å². The fraction of sp³-hybridized carbons (Fsp3) is 0.0800. The number of ether oxygens (including phenoxy) is 1. The molecule has 3 heterocycles. The van der Waals surface area contributed by atoms with Crippen LogP contribution in [0.3, 0.4) is 0 Å². The SMILES string of the molecule is Cn1cc(-c2ccncc2)c(-c2ccc(OCc3ccc4ccccc4n3)c(F)c2F)n1. The van der Waals surface area contributed by atoms with Gasteiger partial charge < -0.3 is 4.74 Å². The molecule has 0 unspecified atom stereocenters. The van der Waals surface area contributed by atoms with Crippen molar-refractivity contribution in [2.24, 2.45) is 7.05 Å². The Labute approximate surface area is 183 Å². The first kappa shape index (κ1) is 19.8. The Morgan fingerprint density at radius 1 is 0.875 bits per heavy atom. The van der Waals surface area contributed by atoms with Gasteiger partial charge in [0.05, 0.1) is 11.2 Å². The average Bonchev–Trinajstić information content (AvgIpc) is 3.22. The van der Waals surface area contributed by atoms with E-state index in [1.54, 1.807) is 48.5 Å². The topological polar surface area (TPSA) is 52.8 Å². The maximum Gasteiger partial charge on any atom is 0.201 e. The number of fused-ring (bicyclic) bond motifs is 1. The van der Waals surface area contributed by atoms with E-state index in [4.69, 9.17) is 4.74 Å². The summed E-state index contributed by atoms with van der Waals surface area (Å²) in [6, 6.07) is 17.9. The quantitative estimate of drug-likeness (QED) is 0.368. The first-order valence-electron chi connectivity index (χ1n) is 10.00. The standard InChI is InChI=1S/C25H18F2N4O/c1-31-14-20(16-10-12-28-13-11-16)25(30-31)19-8-9-22(24(27)23(19)26)32-15-18-7-6-17-4-2-3-5-21(17)29-18/h2-14H,15H2,1H3. The van der Waals surface area contributed by atoms with Crippen LogP contribution in [0.2, 0.25) is 0 Å². The third-order valence-electron chi connectivity index (χ3n) is 5.15. The Kier molecular flexibility index (Phi) is 5.07. The van der Waals surface area contributed by atoms with Crippen molar-refractivity contribution in [1.82, 2.24) is 19.7 Å². The lowest BCUT2D eigenvalue weighted by molar-refractivity contribution is 0.281. The number of rotatable bonds is 5. The molecule has 0 aliphatic carbocycles. The van der Waals surface area contributed by atoms with Gasteiger partial charge in [0.15, 0.2) is 11.6 Å². The van der Waals surface area contributed by atoms with E-state index in [1.807, 2.05) is 30.3 Å². The fourth-order valence-electron chi connectivity index (χ4n) is 3.60. The van der Waals surface area contributed by atoms with Gasteiger partial charge in [0, 0.05) is 42.2 Å². The van der Waals surface area contributed by atoms with Crippen LogP contribution in [0, 0.1) is 11.6 Å². The zero-order valence-corrected chi connectivity index (χ0v) is 17.2. The molecule has 5 rings (SSSR count). The van der Waals surface area contributed by atoms with Crippen LogP contribution in [0.4, 0.5) is 8.78 Å². The second-order valence-electron chi connectivity index (χ2n) is 7.32. The van der Waals surface area contributed by atoms with Crippen molar-refractivity contribution in [2.45, 2.75) is 6.61 Å². The third kappa shape index (κ3) is 3.69. The Balaban J connectivity index is 1.44. The number of hydrogen-bond donors (Lipinski definition) is 0. The molecule has 158 valence electrons. The zero-order chi connectivity index (χ0) is 22.1. The van der Waals surface area contributed by atoms with Gasteiger partial charge in [0.2, 0.25) is 5.82 Å². The largest absolute Gasteiger partial charge is 0.484 e. The summed E-state index contributed by atoms with van der Waals surface area (Å²) in [4.78, 5) is 8.50. The van der Waals surface area contributed by atoms with Gasteiger partial charge >= 0.3 is 0 Å². The summed E-state index contributed by atoms with van der Waals surface area (Å²) < 4.78 is 37.1. The van der Waals surface area contributed by atoms with Gasteiger partial charge in [-0.25, -0.2) is 9.37 Å². The summed E-state index contributed by atoms with van der Waals surface area (Å²) in [6.07, 6.45) is 5.04. The molecule has 0 fully saturated rings. The molecular formula is C25H18F2N4O. The smallest absolute Gasteiger partial charge is 0.201 e. The molecule has 0 N–H and O–H groups in total. The molecule has 5 nitrogen and oxygen atoms in total. The number of nitrogens with zero attached hydrogens (tertiary/aromatic N) is 4. The Morgan fingerprint density at radius 2 is 1.69 bits per heavy atom. The molecule has 7 heteroatoms. The molecule has 2 aromatic carbocycles. The summed E-state index contributed by atoms with van der Waals surface area (Å²) in [7, 11) is 1.73. The molecule has 0 bridgehead atoms. The predicted molar refractivity (Wildman–Crippen MR) is 118 cm³/mol. The molecule has 32 heavy (non-hydrogen) atoms. The van der Waals surface area contributed by atoms with E-state index in [-0.39, 0.29) is 17.9 Å². The molecule has 0 saturated carbocycles. The van der Waals surface area contributed by atoms with Gasteiger partial charge in [-0.05, 0) is 42.0 Å². The van der Waals surface area contributed by atoms with Crippen LogP contribution in [0.5, 0.6) is 5.75 Å². The van der Waals surface area contributed by atoms with Crippen LogP contribution in [-0.4, -0.2) is 19.7 Å². The van der Waals surface area contributed by atoms with E-state index in [0.29, 0.717) is 17.0 Å². The Morgan fingerprint density at radius 3 is 2.53 bits per heavy atom. The first-order valence-corrected chi connectivity index (χ1v) is 10.00. The number of hydrogen-bond acceptors (Lipinski definition) is 4. The van der Waals surface area contributed by atoms with Crippen LogP contribution in [-0.2, 0) is 13.7 Å². The maximum absolute atomic E-state index is 15.1. The summed E-state index contributed by atoms with van der Waals surface area (Å²) in [5, 5.41) is 5.35. The Bertz CT molecular complexity index is 1420. The highest BCUT2D eigenvalue weighted by Crippen LogP contribution is 2.35. The number of para-hydroxylation sites is 1. The highest BCUT2D eigenvalue weighted by molar-refractivity contribution is 5.81. The second-order valence-corrected chi connectivity index (χ2v) is 7.32. The summed E-state index contributed by atoms with van der Waals surface area (Å²) in [5.74, 6) is -2.25. The van der Waals surface area contributed by atoms with Gasteiger partial charge in [-0.2, -0.15) is 9.49 Å². The van der Waals surface area contributed by atoms with Crippen LogP contribution < -0.4 is 4.74 Å². The summed E-state index contributed by atoms with van der Waals surface area (Å²) in [6.45, 7) is 0.0202. The number of pyridine rings is 2. The summed E-state index contributed by atoms with van der Waals surface area (Å²) in [5.41, 5.74) is 3.34. The van der Waals surface area contributed by atoms with Crippen molar-refractivity contribution in [3.8, 4) is 28.1 Å². The molecular weight excluding hydrogens is 410 g/mol. The average molecular weight is 428 g/mol. The highest BCUT2D eigenvalue weighted by Gasteiger charge is 2.21. The van der Waals surface area contributed by atoms with Crippen molar-refractivity contribution < 1.29 is 13.5 Å². The number of aromatic nitrogens is 4. The van der Waals surface area contributed by atoms with E-state index in [0.717, 1.165) is 16.5 Å². The van der Waals surface area contributed by atoms with Gasteiger partial charge in [0.25, 0.3) is 0 Å². The fourth-order valence-corrected chi connectivity index (χ4v) is 3.60. The van der Waals surface area contributed by atoms with Crippen molar-refractivity contribution in [1.29, 1.82) is 0 Å². The minimum atomic E-state index is -1.06. The monoisotopic (exact) mass is 428 g/mol. The van der Waals surface area contributed by atoms with E-state index in [1.165, 1.54) is 12.1 Å². The zero-order valence-electron chi connectivity index (χ0n) is 17.2. The third-order valence-corrected chi connectivity index (χ3v) is 5.15. The molecule has 0 atom stereocenters. The molecule has 0 spiro atoms. The predicted octanol–water partition coefficient (Wildman–Crippen LogP) is 5.55. The van der Waals surface area contributed by atoms with E-state index >= 15 is 4.39 Å². The Hall–Kier alpha value is -4.13. The van der Waals surface area contributed by atoms with Gasteiger partial charge in [-0.1, -0.05) is 24.3 Å². The lowest BCUT2D eigenvalue weighted by Crippen LogP contribution is -2.02.